The molecule has 1 atom stereocenters. The van der Waals surface area contributed by atoms with Crippen LogP contribution in [0.15, 0.2) is 12.2 Å². The van der Waals surface area contributed by atoms with Crippen molar-refractivity contribution in [2.45, 2.75) is 25.7 Å². The topological polar surface area (TPSA) is 0 Å². The van der Waals surface area contributed by atoms with E-state index in [1.807, 2.05) is 0 Å². The molecular weight excluding hydrogens is 148 g/mol. The van der Waals surface area contributed by atoms with Crippen molar-refractivity contribution in [1.29, 1.82) is 0 Å². The van der Waals surface area contributed by atoms with Crippen LogP contribution in [0.4, 0.5) is 17.6 Å². The summed E-state index contributed by atoms with van der Waals surface area (Å²) in [4.78, 5) is 0. The maximum Gasteiger partial charge on any atom is 0.392 e. The first-order chi connectivity index (χ1) is 4.45. The van der Waals surface area contributed by atoms with Crippen LogP contribution < -0.4 is 0 Å². The molecular formula is C6H8F4. The lowest BCUT2D eigenvalue weighted by molar-refractivity contribution is -0.142. The first-order valence-corrected chi connectivity index (χ1v) is 2.79. The van der Waals surface area contributed by atoms with E-state index in [4.69, 9.17) is 0 Å². The van der Waals surface area contributed by atoms with Gasteiger partial charge >= 0.3 is 6.18 Å². The molecule has 0 radical (unpaired) electrons. The number of halogens is 4. The van der Waals surface area contributed by atoms with Gasteiger partial charge in [0.15, 0.2) is 0 Å². The maximum absolute atomic E-state index is 12.1. The number of rotatable bonds is 2. The van der Waals surface area contributed by atoms with Gasteiger partial charge in [0.05, 0.1) is 6.42 Å². The van der Waals surface area contributed by atoms with Crippen LogP contribution in [0.3, 0.4) is 0 Å². The number of hydrogen-bond acceptors (Lipinski definition) is 0. The summed E-state index contributed by atoms with van der Waals surface area (Å²) < 4.78 is 46.2. The molecule has 0 nitrogen and oxygen atoms in total. The Kier molecular flexibility index (Phi) is 3.39. The third-order valence-electron chi connectivity index (χ3n) is 0.828. The standard InChI is InChI=1S/C6H8F4/c1-2-3-5(7)4-6(8,9)10/h2-3,5H,4H2,1H3. The van der Waals surface area contributed by atoms with Crippen molar-refractivity contribution in [3.8, 4) is 0 Å². The molecule has 0 aromatic heterocycles. The van der Waals surface area contributed by atoms with Gasteiger partial charge in [-0.25, -0.2) is 4.39 Å². The van der Waals surface area contributed by atoms with Crippen LogP contribution in [0.2, 0.25) is 0 Å². The van der Waals surface area contributed by atoms with Crippen molar-refractivity contribution in [2.24, 2.45) is 0 Å². The Labute approximate surface area is 56.5 Å². The Bertz CT molecular complexity index is 113. The van der Waals surface area contributed by atoms with Gasteiger partial charge in [-0.3, -0.25) is 0 Å². The maximum atomic E-state index is 12.1. The SMILES string of the molecule is CC=CC(F)CC(F)(F)F. The zero-order chi connectivity index (χ0) is 8.20. The minimum Gasteiger partial charge on any atom is -0.243 e. The molecule has 0 saturated carbocycles. The highest BCUT2D eigenvalue weighted by Gasteiger charge is 2.30. The predicted octanol–water partition coefficient (Wildman–Crippen LogP) is 2.85. The molecule has 0 spiro atoms. The number of alkyl halides is 4. The molecule has 0 aromatic carbocycles. The van der Waals surface area contributed by atoms with Gasteiger partial charge in [0.1, 0.15) is 6.17 Å². The van der Waals surface area contributed by atoms with Gasteiger partial charge in [-0.1, -0.05) is 12.2 Å². The second-order valence-corrected chi connectivity index (χ2v) is 1.86. The lowest BCUT2D eigenvalue weighted by atomic mass is 10.2. The highest BCUT2D eigenvalue weighted by molar-refractivity contribution is 4.86. The van der Waals surface area contributed by atoms with Crippen LogP contribution in [-0.2, 0) is 0 Å². The van der Waals surface area contributed by atoms with E-state index < -0.39 is 18.8 Å². The fourth-order valence-corrected chi connectivity index (χ4v) is 0.498. The van der Waals surface area contributed by atoms with E-state index in [0.717, 1.165) is 6.08 Å². The summed E-state index contributed by atoms with van der Waals surface area (Å²) in [6.45, 7) is 1.48. The van der Waals surface area contributed by atoms with Crippen LogP contribution in [0.5, 0.6) is 0 Å². The Morgan fingerprint density at radius 2 is 1.90 bits per heavy atom. The normalized spacial score (nSPS) is 16.1. The Balaban J connectivity index is 3.68. The summed E-state index contributed by atoms with van der Waals surface area (Å²) >= 11 is 0. The van der Waals surface area contributed by atoms with Gasteiger partial charge in [-0.15, -0.1) is 0 Å². The fraction of sp³-hybridized carbons (Fsp3) is 0.667. The molecule has 0 amide bonds. The summed E-state index contributed by atoms with van der Waals surface area (Å²) in [5, 5.41) is 0. The third kappa shape index (κ3) is 5.59. The monoisotopic (exact) mass is 156 g/mol. The Hall–Kier alpha value is -0.540. The summed E-state index contributed by atoms with van der Waals surface area (Å²) in [7, 11) is 0. The van der Waals surface area contributed by atoms with Crippen molar-refractivity contribution < 1.29 is 17.6 Å². The minimum absolute atomic E-state index is 0.882. The minimum atomic E-state index is -4.40. The quantitative estimate of drug-likeness (QED) is 0.426. The highest BCUT2D eigenvalue weighted by Crippen LogP contribution is 2.23. The van der Waals surface area contributed by atoms with Gasteiger partial charge in [0, 0.05) is 0 Å². The molecule has 60 valence electrons. The van der Waals surface area contributed by atoms with E-state index in [9.17, 15) is 17.6 Å². The molecule has 1 unspecified atom stereocenters. The van der Waals surface area contributed by atoms with Crippen LogP contribution in [-0.4, -0.2) is 12.3 Å². The average Bonchev–Trinajstić information content (AvgIpc) is 1.59. The third-order valence-corrected chi connectivity index (χ3v) is 0.828. The largest absolute Gasteiger partial charge is 0.392 e. The van der Waals surface area contributed by atoms with Gasteiger partial charge < -0.3 is 0 Å². The summed E-state index contributed by atoms with van der Waals surface area (Å²) in [6.07, 6.45) is -5.55. The zero-order valence-electron chi connectivity index (χ0n) is 5.45. The molecule has 0 aliphatic heterocycles. The Morgan fingerprint density at radius 1 is 1.40 bits per heavy atom. The van der Waals surface area contributed by atoms with Gasteiger partial charge in [-0.2, -0.15) is 13.2 Å². The number of allylic oxidation sites excluding steroid dienone is 2. The second kappa shape index (κ2) is 3.58. The first-order valence-electron chi connectivity index (χ1n) is 2.79. The van der Waals surface area contributed by atoms with E-state index in [0.29, 0.717) is 0 Å². The van der Waals surface area contributed by atoms with Crippen LogP contribution >= 0.6 is 0 Å². The first kappa shape index (κ1) is 9.46. The fourth-order valence-electron chi connectivity index (χ4n) is 0.498. The van der Waals surface area contributed by atoms with Gasteiger partial charge in [-0.05, 0) is 6.92 Å². The molecule has 0 aliphatic carbocycles. The van der Waals surface area contributed by atoms with Gasteiger partial charge in [0.25, 0.3) is 0 Å². The van der Waals surface area contributed by atoms with E-state index in [1.54, 1.807) is 0 Å². The van der Waals surface area contributed by atoms with E-state index >= 15 is 0 Å². The molecule has 0 bridgehead atoms. The Morgan fingerprint density at radius 3 is 2.20 bits per heavy atom. The molecule has 4 heteroatoms. The second-order valence-electron chi connectivity index (χ2n) is 1.86. The molecule has 0 fully saturated rings. The summed E-state index contributed by atoms with van der Waals surface area (Å²) in [6, 6.07) is 0. The van der Waals surface area contributed by atoms with Crippen molar-refractivity contribution in [2.75, 3.05) is 0 Å². The average molecular weight is 156 g/mol. The molecule has 0 heterocycles. The van der Waals surface area contributed by atoms with Crippen molar-refractivity contribution in [3.05, 3.63) is 12.2 Å². The van der Waals surface area contributed by atoms with Crippen LogP contribution in [0.25, 0.3) is 0 Å². The van der Waals surface area contributed by atoms with E-state index in [2.05, 4.69) is 0 Å². The van der Waals surface area contributed by atoms with E-state index in [-0.39, 0.29) is 0 Å². The number of hydrogen-bond donors (Lipinski definition) is 0. The van der Waals surface area contributed by atoms with Gasteiger partial charge in [0.2, 0.25) is 0 Å². The zero-order valence-corrected chi connectivity index (χ0v) is 5.45. The lowest BCUT2D eigenvalue weighted by Gasteiger charge is -2.06. The highest BCUT2D eigenvalue weighted by atomic mass is 19.4. The summed E-state index contributed by atoms with van der Waals surface area (Å²) in [5.41, 5.74) is 0. The van der Waals surface area contributed by atoms with Crippen LogP contribution in [0.1, 0.15) is 13.3 Å². The van der Waals surface area contributed by atoms with Crippen molar-refractivity contribution >= 4 is 0 Å². The summed E-state index contributed by atoms with van der Waals surface area (Å²) in [5.74, 6) is 0. The molecule has 0 aromatic rings. The molecule has 0 aliphatic rings. The predicted molar refractivity (Wildman–Crippen MR) is 30.4 cm³/mol. The van der Waals surface area contributed by atoms with Crippen molar-refractivity contribution in [3.63, 3.8) is 0 Å². The van der Waals surface area contributed by atoms with Crippen molar-refractivity contribution in [1.82, 2.24) is 0 Å². The lowest BCUT2D eigenvalue weighted by Crippen LogP contribution is -2.13. The van der Waals surface area contributed by atoms with E-state index in [1.165, 1.54) is 13.0 Å². The smallest absolute Gasteiger partial charge is 0.243 e. The molecule has 10 heavy (non-hydrogen) atoms. The van der Waals surface area contributed by atoms with Crippen LogP contribution in [0, 0.1) is 0 Å². The molecule has 0 saturated heterocycles. The molecule has 0 rings (SSSR count). The molecule has 0 N–H and O–H groups in total.